The van der Waals surface area contributed by atoms with Crippen LogP contribution >= 0.6 is 11.8 Å². The predicted octanol–water partition coefficient (Wildman–Crippen LogP) is 8.58. The molecule has 1 unspecified atom stereocenters. The van der Waals surface area contributed by atoms with E-state index in [-0.39, 0.29) is 16.4 Å². The van der Waals surface area contributed by atoms with Crippen LogP contribution in [0.5, 0.6) is 0 Å². The van der Waals surface area contributed by atoms with Gasteiger partial charge in [-0.15, -0.1) is 11.8 Å². The maximum Gasteiger partial charge on any atom is 0.501 e. The number of rotatable bonds is 17. The third-order valence-corrected chi connectivity index (χ3v) is 18.7. The summed E-state index contributed by atoms with van der Waals surface area (Å²) >= 11 is 1.43. The van der Waals surface area contributed by atoms with E-state index in [0.717, 1.165) is 61.6 Å². The fraction of sp³-hybridized carbons (Fsp3) is 0.562. The van der Waals surface area contributed by atoms with E-state index in [4.69, 9.17) is 0 Å². The second-order valence-electron chi connectivity index (χ2n) is 20.1. The van der Waals surface area contributed by atoms with E-state index >= 15 is 0 Å². The van der Waals surface area contributed by atoms with Crippen LogP contribution < -0.4 is 14.9 Å². The Morgan fingerprint density at radius 1 is 0.881 bits per heavy atom. The highest BCUT2D eigenvalue weighted by molar-refractivity contribution is 7.99. The number of halogens is 5. The number of alkyl halides is 5. The summed E-state index contributed by atoms with van der Waals surface area (Å²) in [5.41, 5.74) is -3.25. The molecule has 5 fully saturated rings. The van der Waals surface area contributed by atoms with Crippen LogP contribution in [0.4, 0.5) is 33.3 Å². The van der Waals surface area contributed by atoms with Crippen molar-refractivity contribution in [2.24, 2.45) is 16.2 Å². The SMILES string of the molecule is CC1(C)CCC(CN2CCN(c3ccc(C(=O)NS(=O)(=O)c4ccc(NC(CCN5CCC(O)CC5)CSc5ccccc5)c(S(=O)(=O)C(F)(F)F)c4)cc3)CC2)=C(C23CC(C(F)F)(C2)C3)C1. The number of hydrogen-bond donors (Lipinski definition) is 3. The van der Waals surface area contributed by atoms with E-state index < -0.39 is 70.7 Å². The van der Waals surface area contributed by atoms with Crippen molar-refractivity contribution < 1.29 is 48.7 Å². The summed E-state index contributed by atoms with van der Waals surface area (Å²) in [5, 5.41) is 12.9. The van der Waals surface area contributed by atoms with Crippen LogP contribution in [0.2, 0.25) is 0 Å². The number of anilines is 2. The minimum absolute atomic E-state index is 0.0312. The van der Waals surface area contributed by atoms with Gasteiger partial charge in [0.1, 0.15) is 4.90 Å². The van der Waals surface area contributed by atoms with Gasteiger partial charge in [0, 0.05) is 85.7 Å². The number of hydrogen-bond acceptors (Lipinski definition) is 11. The summed E-state index contributed by atoms with van der Waals surface area (Å²) in [6.45, 7) is 10.1. The standard InChI is InChI=1S/C48H60F5N5O6S3/c1-45(2)18-14-34(40(27-45)46-30-47(31-46,32-46)44(49)50)28-57-22-24-58(25-23-57)36-10-8-33(9-11-36)43(60)55-67(63,64)39-12-13-41(42(26-39)66(61,62)48(51,52)53)54-35(29-65-38-6-4-3-5-7-38)15-19-56-20-16-37(59)17-21-56/h3-13,26,35,37,44,54,59H,14-25,27-32H2,1-2H3,(H,55,60). The molecule has 4 aliphatic carbocycles. The first-order chi connectivity index (χ1) is 31.6. The molecule has 11 nitrogen and oxygen atoms in total. The van der Waals surface area contributed by atoms with Gasteiger partial charge in [-0.1, -0.05) is 43.2 Å². The summed E-state index contributed by atoms with van der Waals surface area (Å²) in [5.74, 6) is -0.713. The van der Waals surface area contributed by atoms with E-state index in [0.29, 0.717) is 83.1 Å². The normalized spacial score (nSPS) is 24.5. The number of thioether (sulfide) groups is 1. The van der Waals surface area contributed by atoms with Gasteiger partial charge >= 0.3 is 5.51 Å². The Kier molecular flexibility index (Phi) is 14.2. The molecule has 2 saturated heterocycles. The summed E-state index contributed by atoms with van der Waals surface area (Å²) in [6, 6.07) is 17.4. The van der Waals surface area contributed by atoms with Crippen LogP contribution in [-0.4, -0.2) is 120 Å². The second kappa shape index (κ2) is 19.2. The zero-order chi connectivity index (χ0) is 48.0. The summed E-state index contributed by atoms with van der Waals surface area (Å²) in [7, 11) is -11.0. The molecule has 3 N–H and O–H groups in total. The molecule has 1 atom stereocenters. The van der Waals surface area contributed by atoms with Crippen molar-refractivity contribution in [3.8, 4) is 0 Å². The highest BCUT2D eigenvalue weighted by Crippen LogP contribution is 2.79. The minimum Gasteiger partial charge on any atom is -0.393 e. The summed E-state index contributed by atoms with van der Waals surface area (Å²) < 4.78 is 125. The number of benzene rings is 3. The van der Waals surface area contributed by atoms with Crippen molar-refractivity contribution in [3.63, 3.8) is 0 Å². The Labute approximate surface area is 394 Å². The first-order valence-corrected chi connectivity index (χ1v) is 27.0. The Morgan fingerprint density at radius 2 is 1.54 bits per heavy atom. The number of aliphatic hydroxyl groups is 1. The monoisotopic (exact) mass is 993 g/mol. The Balaban J connectivity index is 0.917. The van der Waals surface area contributed by atoms with Crippen LogP contribution in [0, 0.1) is 16.2 Å². The van der Waals surface area contributed by atoms with E-state index in [1.807, 2.05) is 35.1 Å². The van der Waals surface area contributed by atoms with Crippen molar-refractivity contribution in [2.45, 2.75) is 110 Å². The smallest absolute Gasteiger partial charge is 0.393 e. The number of nitrogens with one attached hydrogen (secondary N) is 2. The Morgan fingerprint density at radius 3 is 2.16 bits per heavy atom. The lowest BCUT2D eigenvalue weighted by Crippen LogP contribution is -2.66. The topological polar surface area (TPSA) is 139 Å². The molecule has 1 amide bonds. The molecule has 0 spiro atoms. The van der Waals surface area contributed by atoms with E-state index in [1.54, 1.807) is 12.1 Å². The number of nitrogens with zero attached hydrogens (tertiary/aromatic N) is 3. The van der Waals surface area contributed by atoms with Gasteiger partial charge in [-0.25, -0.2) is 30.3 Å². The van der Waals surface area contributed by atoms with E-state index in [2.05, 4.69) is 33.9 Å². The number of likely N-dealkylation sites (tertiary alicyclic amines) is 1. The number of allylic oxidation sites excluding steroid dienone is 1. The number of piperidine rings is 1. The lowest BCUT2D eigenvalue weighted by atomic mass is 9.32. The van der Waals surface area contributed by atoms with Crippen molar-refractivity contribution in [1.82, 2.24) is 14.5 Å². The molecule has 3 aromatic carbocycles. The molecule has 6 aliphatic rings. The fourth-order valence-electron chi connectivity index (χ4n) is 10.7. The lowest BCUT2D eigenvalue weighted by molar-refractivity contribution is -0.250. The number of piperazine rings is 1. The maximum atomic E-state index is 14.2. The largest absolute Gasteiger partial charge is 0.501 e. The molecule has 0 aromatic heterocycles. The minimum atomic E-state index is -6.08. The maximum absolute atomic E-state index is 14.2. The molecular weight excluding hydrogens is 934 g/mol. The number of sulfonamides is 1. The van der Waals surface area contributed by atoms with Crippen molar-refractivity contribution in [3.05, 3.63) is 89.5 Å². The average Bonchev–Trinajstić information content (AvgIpc) is 3.25. The van der Waals surface area contributed by atoms with Crippen molar-refractivity contribution in [2.75, 3.05) is 68.3 Å². The third-order valence-electron chi connectivity index (χ3n) is 14.6. The molecule has 3 saturated carbocycles. The van der Waals surface area contributed by atoms with E-state index in [1.165, 1.54) is 35.0 Å². The predicted molar refractivity (Wildman–Crippen MR) is 250 cm³/mol. The summed E-state index contributed by atoms with van der Waals surface area (Å²) in [6.07, 6.45) is 3.71. The van der Waals surface area contributed by atoms with Crippen LogP contribution in [0.3, 0.4) is 0 Å². The molecule has 2 bridgehead atoms. The van der Waals surface area contributed by atoms with Gasteiger partial charge < -0.3 is 20.2 Å². The summed E-state index contributed by atoms with van der Waals surface area (Å²) in [4.78, 5) is 18.8. The number of carbonyl (C=O) groups is 1. The highest BCUT2D eigenvalue weighted by atomic mass is 32.2. The van der Waals surface area contributed by atoms with Crippen molar-refractivity contribution >= 4 is 48.9 Å². The van der Waals surface area contributed by atoms with Crippen LogP contribution in [-0.2, 0) is 19.9 Å². The van der Waals surface area contributed by atoms with Gasteiger partial charge in [-0.3, -0.25) is 9.69 Å². The fourth-order valence-corrected chi connectivity index (χ4v) is 13.7. The first kappa shape index (κ1) is 49.7. The Bertz CT molecular complexity index is 2510. The van der Waals surface area contributed by atoms with Crippen LogP contribution in [0.1, 0.15) is 82.0 Å². The van der Waals surface area contributed by atoms with Gasteiger partial charge in [0.05, 0.1) is 16.7 Å². The van der Waals surface area contributed by atoms with Crippen LogP contribution in [0.15, 0.2) is 98.6 Å². The molecule has 9 rings (SSSR count). The van der Waals surface area contributed by atoms with Crippen molar-refractivity contribution in [1.29, 1.82) is 0 Å². The van der Waals surface area contributed by atoms with Gasteiger partial charge in [-0.2, -0.15) is 13.2 Å². The number of carbonyl (C=O) groups excluding carboxylic acids is 1. The number of sulfone groups is 1. The molecule has 19 heteroatoms. The molecular formula is C48H60F5N5O6S3. The highest BCUT2D eigenvalue weighted by Gasteiger charge is 2.73. The number of aliphatic hydroxyl groups excluding tert-OH is 1. The number of amides is 1. The molecule has 0 radical (unpaired) electrons. The molecule has 2 heterocycles. The van der Waals surface area contributed by atoms with Gasteiger partial charge in [0.2, 0.25) is 6.43 Å². The quantitative estimate of drug-likeness (QED) is 0.0681. The zero-order valence-corrected chi connectivity index (χ0v) is 40.3. The lowest BCUT2D eigenvalue weighted by Gasteiger charge is -2.72. The van der Waals surface area contributed by atoms with Gasteiger partial charge in [0.25, 0.3) is 25.8 Å². The van der Waals surface area contributed by atoms with Gasteiger partial charge in [0.15, 0.2) is 0 Å². The average molecular weight is 994 g/mol. The second-order valence-corrected chi connectivity index (χ2v) is 24.8. The third kappa shape index (κ3) is 10.9. The van der Waals surface area contributed by atoms with E-state index in [9.17, 15) is 48.7 Å². The molecule has 67 heavy (non-hydrogen) atoms. The molecule has 3 aromatic rings. The Hall–Kier alpha value is -3.75. The van der Waals surface area contributed by atoms with Crippen LogP contribution in [0.25, 0.3) is 0 Å². The first-order valence-electron chi connectivity index (χ1n) is 23.0. The van der Waals surface area contributed by atoms with Gasteiger partial charge in [-0.05, 0) is 123 Å². The molecule has 366 valence electrons. The zero-order valence-electron chi connectivity index (χ0n) is 37.8. The molecule has 2 aliphatic heterocycles.